The van der Waals surface area contributed by atoms with Crippen molar-refractivity contribution >= 4 is 29.4 Å². The fraction of sp³-hybridized carbons (Fsp3) is 0.273. The van der Waals surface area contributed by atoms with Gasteiger partial charge in [-0.05, 0) is 24.3 Å². The van der Waals surface area contributed by atoms with Gasteiger partial charge in [0.2, 0.25) is 18.0 Å². The van der Waals surface area contributed by atoms with E-state index < -0.39 is 53.7 Å². The predicted molar refractivity (Wildman–Crippen MR) is 108 cm³/mol. The number of carboxylic acid groups (broad SMARTS) is 1. The largest absolute Gasteiger partial charge is 0.478 e. The van der Waals surface area contributed by atoms with Crippen LogP contribution in [0.1, 0.15) is 31.0 Å². The van der Waals surface area contributed by atoms with Gasteiger partial charge >= 0.3 is 24.1 Å². The van der Waals surface area contributed by atoms with Crippen molar-refractivity contribution < 1.29 is 51.7 Å². The van der Waals surface area contributed by atoms with Crippen LogP contribution >= 0.6 is 0 Å². The molecule has 0 radical (unpaired) electrons. The lowest BCUT2D eigenvalue weighted by molar-refractivity contribution is -0.180. The number of benzene rings is 2. The second-order valence-corrected chi connectivity index (χ2v) is 7.23. The Labute approximate surface area is 190 Å². The summed E-state index contributed by atoms with van der Waals surface area (Å²) in [7, 11) is 0. The highest BCUT2D eigenvalue weighted by molar-refractivity contribution is 5.98. The molecule has 2 N–H and O–H groups in total. The van der Waals surface area contributed by atoms with Crippen LogP contribution in [0, 0.1) is 0 Å². The molecule has 3 atom stereocenters. The number of hydrogen-bond donors (Lipinski definition) is 2. The molecule has 1 heterocycles. The molecule has 0 saturated heterocycles. The molecule has 2 aromatic rings. The Bertz CT molecular complexity index is 1150. The quantitative estimate of drug-likeness (QED) is 0.596. The van der Waals surface area contributed by atoms with Gasteiger partial charge in [-0.3, -0.25) is 14.4 Å². The van der Waals surface area contributed by atoms with Crippen molar-refractivity contribution in [2.75, 3.05) is 5.32 Å². The lowest BCUT2D eigenvalue weighted by atomic mass is 9.95. The molecule has 0 fully saturated rings. The minimum Gasteiger partial charge on any atom is -0.478 e. The number of halogens is 3. The highest BCUT2D eigenvalue weighted by Gasteiger charge is 2.44. The van der Waals surface area contributed by atoms with Gasteiger partial charge in [0.15, 0.2) is 5.75 Å². The number of alkyl halides is 3. The van der Waals surface area contributed by atoms with Crippen LogP contribution in [0.3, 0.4) is 0 Å². The minimum atomic E-state index is -4.70. The summed E-state index contributed by atoms with van der Waals surface area (Å²) in [6, 6.07) is 7.01. The van der Waals surface area contributed by atoms with Gasteiger partial charge in [0.25, 0.3) is 0 Å². The summed E-state index contributed by atoms with van der Waals surface area (Å²) < 4.78 is 55.1. The van der Waals surface area contributed by atoms with E-state index in [0.717, 1.165) is 32.0 Å². The van der Waals surface area contributed by atoms with E-state index in [2.05, 4.69) is 5.32 Å². The molecular formula is C22H18F3NO8. The molecule has 0 bridgehead atoms. The molecule has 12 heteroatoms. The average Bonchev–Trinajstić information content (AvgIpc) is 2.90. The number of aliphatic carboxylic acids is 1. The lowest BCUT2D eigenvalue weighted by Gasteiger charge is -2.26. The first-order chi connectivity index (χ1) is 15.9. The second kappa shape index (κ2) is 9.41. The first-order valence-corrected chi connectivity index (χ1v) is 9.74. The van der Waals surface area contributed by atoms with E-state index in [4.69, 9.17) is 14.2 Å². The van der Waals surface area contributed by atoms with Crippen molar-refractivity contribution in [2.45, 2.75) is 38.3 Å². The highest BCUT2D eigenvalue weighted by atomic mass is 19.4. The number of carbonyl (C=O) groups excluding carboxylic acids is 3. The summed E-state index contributed by atoms with van der Waals surface area (Å²) in [6.07, 6.45) is -9.01. The fourth-order valence-corrected chi connectivity index (χ4v) is 3.33. The number of ether oxygens (including phenoxy) is 3. The Morgan fingerprint density at radius 1 is 0.971 bits per heavy atom. The van der Waals surface area contributed by atoms with Gasteiger partial charge in [0.1, 0.15) is 11.8 Å². The third-order valence-electron chi connectivity index (χ3n) is 4.73. The van der Waals surface area contributed by atoms with Crippen molar-refractivity contribution in [3.63, 3.8) is 0 Å². The third-order valence-corrected chi connectivity index (χ3v) is 4.73. The topological polar surface area (TPSA) is 128 Å². The number of anilines is 1. The maximum Gasteiger partial charge on any atom is 0.416 e. The molecule has 0 amide bonds. The standard InChI is InChI=1S/C22H18F3NO8/c1-10(27)32-19(20(21(30)31)33-11(2)28)18(29)17-13-5-3-4-6-15(13)34-16-8-7-12(22(23,24)25)9-14(16)26-17/h3-9,17,19-20,26H,1-2H3,(H,30,31)/t17?,19-,20+/m1/s1. The normalized spacial score (nSPS) is 16.3. The number of carbonyl (C=O) groups is 4. The molecular weight excluding hydrogens is 463 g/mol. The van der Waals surface area contributed by atoms with Crippen LogP contribution in [0.15, 0.2) is 42.5 Å². The monoisotopic (exact) mass is 481 g/mol. The molecule has 0 spiro atoms. The molecule has 1 unspecified atom stereocenters. The molecule has 34 heavy (non-hydrogen) atoms. The number of ketones is 1. The van der Waals surface area contributed by atoms with Crippen LogP contribution in [0.5, 0.6) is 11.5 Å². The number of nitrogens with one attached hydrogen (secondary N) is 1. The van der Waals surface area contributed by atoms with Crippen LogP contribution < -0.4 is 10.1 Å². The van der Waals surface area contributed by atoms with Crippen LogP contribution in [0.4, 0.5) is 18.9 Å². The molecule has 2 aromatic carbocycles. The van der Waals surface area contributed by atoms with E-state index in [1.807, 2.05) is 0 Å². The van der Waals surface area contributed by atoms with Gasteiger partial charge in [0.05, 0.1) is 11.3 Å². The smallest absolute Gasteiger partial charge is 0.416 e. The Morgan fingerprint density at radius 3 is 2.18 bits per heavy atom. The maximum absolute atomic E-state index is 13.5. The van der Waals surface area contributed by atoms with E-state index in [-0.39, 0.29) is 22.7 Å². The zero-order valence-electron chi connectivity index (χ0n) is 17.7. The first kappa shape index (κ1) is 24.6. The lowest BCUT2D eigenvalue weighted by Crippen LogP contribution is -2.48. The maximum atomic E-state index is 13.5. The van der Waals surface area contributed by atoms with E-state index in [9.17, 15) is 37.5 Å². The molecule has 3 rings (SSSR count). The molecule has 0 aromatic heterocycles. The number of para-hydroxylation sites is 1. The molecule has 0 aliphatic carbocycles. The summed E-state index contributed by atoms with van der Waals surface area (Å²) >= 11 is 0. The summed E-state index contributed by atoms with van der Waals surface area (Å²) in [5.74, 6) is -4.91. The van der Waals surface area contributed by atoms with Gasteiger partial charge < -0.3 is 24.6 Å². The van der Waals surface area contributed by atoms with Crippen LogP contribution in [-0.4, -0.2) is 41.0 Å². The average molecular weight is 481 g/mol. The number of carboxylic acids is 1. The van der Waals surface area contributed by atoms with Crippen molar-refractivity contribution in [1.82, 2.24) is 0 Å². The number of esters is 2. The van der Waals surface area contributed by atoms with Gasteiger partial charge in [-0.15, -0.1) is 0 Å². The molecule has 1 aliphatic rings. The zero-order valence-corrected chi connectivity index (χ0v) is 17.7. The molecule has 0 saturated carbocycles. The van der Waals surface area contributed by atoms with Crippen LogP contribution in [0.2, 0.25) is 0 Å². The first-order valence-electron chi connectivity index (χ1n) is 9.74. The zero-order chi connectivity index (χ0) is 25.2. The Balaban J connectivity index is 2.12. The number of fused-ring (bicyclic) bond motifs is 2. The van der Waals surface area contributed by atoms with Gasteiger partial charge in [-0.1, -0.05) is 18.2 Å². The minimum absolute atomic E-state index is 0.0328. The third kappa shape index (κ3) is 5.27. The van der Waals surface area contributed by atoms with Crippen molar-refractivity contribution in [3.05, 3.63) is 53.6 Å². The summed E-state index contributed by atoms with van der Waals surface area (Å²) in [6.45, 7) is 1.81. The van der Waals surface area contributed by atoms with Gasteiger partial charge in [-0.2, -0.15) is 13.2 Å². The number of Topliss-reactive ketones (excluding diaryl/α,β-unsaturated/α-hetero) is 1. The Hall–Kier alpha value is -4.09. The van der Waals surface area contributed by atoms with Crippen molar-refractivity contribution in [2.24, 2.45) is 0 Å². The van der Waals surface area contributed by atoms with Crippen LogP contribution in [-0.2, 0) is 34.8 Å². The predicted octanol–water partition coefficient (Wildman–Crippen LogP) is 3.48. The summed E-state index contributed by atoms with van der Waals surface area (Å²) in [5.41, 5.74) is -1.12. The highest BCUT2D eigenvalue weighted by Crippen LogP contribution is 2.43. The Morgan fingerprint density at radius 2 is 1.59 bits per heavy atom. The van der Waals surface area contributed by atoms with Gasteiger partial charge in [0, 0.05) is 19.4 Å². The van der Waals surface area contributed by atoms with Gasteiger partial charge in [-0.25, -0.2) is 4.79 Å². The van der Waals surface area contributed by atoms with E-state index >= 15 is 0 Å². The van der Waals surface area contributed by atoms with Crippen LogP contribution in [0.25, 0.3) is 0 Å². The molecule has 180 valence electrons. The number of hydrogen-bond acceptors (Lipinski definition) is 8. The van der Waals surface area contributed by atoms with Crippen molar-refractivity contribution in [1.29, 1.82) is 0 Å². The molecule has 9 nitrogen and oxygen atoms in total. The van der Waals surface area contributed by atoms with E-state index in [0.29, 0.717) is 0 Å². The second-order valence-electron chi connectivity index (χ2n) is 7.23. The number of rotatable bonds is 6. The summed E-state index contributed by atoms with van der Waals surface area (Å²) in [5, 5.41) is 12.1. The SMILES string of the molecule is CC(=O)O[C@H](C(=O)O)[C@H](OC(C)=O)C(=O)C1Nc2cc(C(F)(F)F)ccc2Oc2ccccc21. The van der Waals surface area contributed by atoms with E-state index in [1.165, 1.54) is 18.2 Å². The Kier molecular flexibility index (Phi) is 6.80. The molecule has 1 aliphatic heterocycles. The fourth-order valence-electron chi connectivity index (χ4n) is 3.33. The summed E-state index contributed by atoms with van der Waals surface area (Å²) in [4.78, 5) is 48.3. The van der Waals surface area contributed by atoms with E-state index in [1.54, 1.807) is 6.07 Å². The van der Waals surface area contributed by atoms with Crippen molar-refractivity contribution in [3.8, 4) is 11.5 Å².